The van der Waals surface area contributed by atoms with Gasteiger partial charge in [0, 0.05) is 0 Å². The van der Waals surface area contributed by atoms with Gasteiger partial charge in [0.05, 0.1) is 0 Å². The summed E-state index contributed by atoms with van der Waals surface area (Å²) in [5.74, 6) is 4.79. The van der Waals surface area contributed by atoms with Crippen LogP contribution in [0.3, 0.4) is 0 Å². The molecule has 0 saturated heterocycles. The molecule has 0 heterocycles. The summed E-state index contributed by atoms with van der Waals surface area (Å²) in [5, 5.41) is 0. The zero-order valence-electron chi connectivity index (χ0n) is 7.97. The standard InChI is InChI=1S/C12H20/c1-2-5-9(4-1)8-12-10-6-3-7-11(10)12/h9-12H,1-8H2. The fourth-order valence-corrected chi connectivity index (χ4v) is 3.95. The maximum atomic E-state index is 1.62. The molecule has 0 heteroatoms. The fraction of sp³-hybridized carbons (Fsp3) is 1.00. The van der Waals surface area contributed by atoms with Crippen molar-refractivity contribution in [1.82, 2.24) is 0 Å². The van der Waals surface area contributed by atoms with Crippen molar-refractivity contribution < 1.29 is 0 Å². The van der Waals surface area contributed by atoms with Gasteiger partial charge in [0.25, 0.3) is 0 Å². The van der Waals surface area contributed by atoms with Gasteiger partial charge in [0.15, 0.2) is 0 Å². The van der Waals surface area contributed by atoms with Crippen molar-refractivity contribution >= 4 is 0 Å². The normalized spacial score (nSPS) is 46.5. The molecule has 3 saturated carbocycles. The average molecular weight is 164 g/mol. The summed E-state index contributed by atoms with van der Waals surface area (Å²) in [7, 11) is 0. The van der Waals surface area contributed by atoms with E-state index in [0.717, 1.165) is 5.92 Å². The van der Waals surface area contributed by atoms with E-state index in [-0.39, 0.29) is 0 Å². The van der Waals surface area contributed by atoms with Gasteiger partial charge in [-0.3, -0.25) is 0 Å². The van der Waals surface area contributed by atoms with Gasteiger partial charge in [-0.25, -0.2) is 0 Å². The Balaban J connectivity index is 1.50. The molecular formula is C12H20. The van der Waals surface area contributed by atoms with Crippen molar-refractivity contribution in [2.24, 2.45) is 23.7 Å². The van der Waals surface area contributed by atoms with E-state index in [4.69, 9.17) is 0 Å². The number of fused-ring (bicyclic) bond motifs is 1. The van der Waals surface area contributed by atoms with Crippen LogP contribution in [0.2, 0.25) is 0 Å². The summed E-state index contributed by atoms with van der Waals surface area (Å²) >= 11 is 0. The third kappa shape index (κ3) is 1.11. The van der Waals surface area contributed by atoms with E-state index in [0.29, 0.717) is 0 Å². The quantitative estimate of drug-likeness (QED) is 0.585. The Morgan fingerprint density at radius 1 is 0.750 bits per heavy atom. The minimum Gasteiger partial charge on any atom is -0.0530 e. The summed E-state index contributed by atoms with van der Waals surface area (Å²) in [5.41, 5.74) is 0. The predicted molar refractivity (Wildman–Crippen MR) is 50.9 cm³/mol. The zero-order chi connectivity index (χ0) is 7.97. The topological polar surface area (TPSA) is 0 Å². The van der Waals surface area contributed by atoms with Crippen molar-refractivity contribution in [1.29, 1.82) is 0 Å². The van der Waals surface area contributed by atoms with Crippen LogP contribution in [0, 0.1) is 23.7 Å². The maximum Gasteiger partial charge on any atom is -0.0349 e. The van der Waals surface area contributed by atoms with Crippen molar-refractivity contribution in [3.05, 3.63) is 0 Å². The first-order valence-corrected chi connectivity index (χ1v) is 5.95. The Morgan fingerprint density at radius 2 is 1.42 bits per heavy atom. The maximum absolute atomic E-state index is 1.62. The molecule has 0 radical (unpaired) electrons. The van der Waals surface area contributed by atoms with Crippen LogP contribution in [-0.2, 0) is 0 Å². The third-order valence-electron chi connectivity index (χ3n) is 4.66. The lowest BCUT2D eigenvalue weighted by Gasteiger charge is -2.09. The molecule has 0 spiro atoms. The molecule has 2 unspecified atom stereocenters. The van der Waals surface area contributed by atoms with Crippen LogP contribution in [0.4, 0.5) is 0 Å². The molecule has 12 heavy (non-hydrogen) atoms. The van der Waals surface area contributed by atoms with Gasteiger partial charge in [-0.2, -0.15) is 0 Å². The van der Waals surface area contributed by atoms with Gasteiger partial charge in [-0.1, -0.05) is 32.1 Å². The number of hydrogen-bond acceptors (Lipinski definition) is 0. The Kier molecular flexibility index (Phi) is 1.70. The molecule has 0 bridgehead atoms. The SMILES string of the molecule is C1CCC(CC2C3CCCC32)C1. The van der Waals surface area contributed by atoms with E-state index < -0.39 is 0 Å². The van der Waals surface area contributed by atoms with E-state index >= 15 is 0 Å². The molecule has 0 N–H and O–H groups in total. The number of hydrogen-bond donors (Lipinski definition) is 0. The highest BCUT2D eigenvalue weighted by Gasteiger charge is 2.52. The van der Waals surface area contributed by atoms with E-state index in [1.165, 1.54) is 30.6 Å². The monoisotopic (exact) mass is 164 g/mol. The summed E-state index contributed by atoms with van der Waals surface area (Å²) < 4.78 is 0. The van der Waals surface area contributed by atoms with E-state index in [1.807, 2.05) is 0 Å². The van der Waals surface area contributed by atoms with Crippen molar-refractivity contribution in [3.8, 4) is 0 Å². The summed E-state index contributed by atoms with van der Waals surface area (Å²) in [4.78, 5) is 0. The van der Waals surface area contributed by atoms with Crippen LogP contribution < -0.4 is 0 Å². The molecule has 3 aliphatic rings. The first kappa shape index (κ1) is 7.41. The van der Waals surface area contributed by atoms with Gasteiger partial charge in [-0.15, -0.1) is 0 Å². The number of rotatable bonds is 2. The highest BCUT2D eigenvalue weighted by molar-refractivity contribution is 5.01. The second-order valence-corrected chi connectivity index (χ2v) is 5.31. The molecule has 3 rings (SSSR count). The molecule has 0 amide bonds. The molecule has 3 fully saturated rings. The average Bonchev–Trinajstić information content (AvgIpc) is 2.59. The minimum absolute atomic E-state index is 1.15. The van der Waals surface area contributed by atoms with E-state index in [1.54, 1.807) is 38.5 Å². The second-order valence-electron chi connectivity index (χ2n) is 5.31. The van der Waals surface area contributed by atoms with Crippen molar-refractivity contribution in [2.45, 2.75) is 51.4 Å². The fourth-order valence-electron chi connectivity index (χ4n) is 3.95. The van der Waals surface area contributed by atoms with Crippen molar-refractivity contribution in [3.63, 3.8) is 0 Å². The molecule has 0 aromatic rings. The smallest absolute Gasteiger partial charge is 0.0349 e. The molecule has 0 aromatic heterocycles. The Morgan fingerprint density at radius 3 is 2.08 bits per heavy atom. The summed E-state index contributed by atoms with van der Waals surface area (Å²) in [6.45, 7) is 0. The van der Waals surface area contributed by atoms with E-state index in [2.05, 4.69) is 0 Å². The Hall–Kier alpha value is 0. The first-order valence-electron chi connectivity index (χ1n) is 5.95. The third-order valence-corrected chi connectivity index (χ3v) is 4.66. The van der Waals surface area contributed by atoms with Gasteiger partial charge < -0.3 is 0 Å². The highest BCUT2D eigenvalue weighted by Crippen LogP contribution is 2.60. The van der Waals surface area contributed by atoms with Gasteiger partial charge in [0.1, 0.15) is 0 Å². The summed E-state index contributed by atoms with van der Waals surface area (Å²) in [6, 6.07) is 0. The molecular weight excluding hydrogens is 144 g/mol. The molecule has 2 atom stereocenters. The molecule has 0 aromatic carbocycles. The molecule has 0 aliphatic heterocycles. The van der Waals surface area contributed by atoms with Crippen LogP contribution in [-0.4, -0.2) is 0 Å². The Bertz CT molecular complexity index is 157. The van der Waals surface area contributed by atoms with E-state index in [9.17, 15) is 0 Å². The first-order chi connectivity index (χ1) is 5.95. The lowest BCUT2D eigenvalue weighted by Crippen LogP contribution is -1.98. The van der Waals surface area contributed by atoms with Crippen LogP contribution in [0.5, 0.6) is 0 Å². The molecule has 3 aliphatic carbocycles. The lowest BCUT2D eigenvalue weighted by molar-refractivity contribution is 0.423. The zero-order valence-corrected chi connectivity index (χ0v) is 7.97. The molecule has 0 nitrogen and oxygen atoms in total. The molecule has 68 valence electrons. The second kappa shape index (κ2) is 2.75. The predicted octanol–water partition coefficient (Wildman–Crippen LogP) is 3.61. The summed E-state index contributed by atoms with van der Waals surface area (Å²) in [6.07, 6.45) is 12.5. The Labute approximate surface area is 75.7 Å². The van der Waals surface area contributed by atoms with Gasteiger partial charge in [-0.05, 0) is 42.9 Å². The van der Waals surface area contributed by atoms with Crippen LogP contribution >= 0.6 is 0 Å². The highest BCUT2D eigenvalue weighted by atomic mass is 14.6. The minimum atomic E-state index is 1.15. The van der Waals surface area contributed by atoms with Crippen LogP contribution in [0.1, 0.15) is 51.4 Å². The van der Waals surface area contributed by atoms with Crippen molar-refractivity contribution in [2.75, 3.05) is 0 Å². The van der Waals surface area contributed by atoms with Crippen LogP contribution in [0.25, 0.3) is 0 Å². The van der Waals surface area contributed by atoms with Crippen LogP contribution in [0.15, 0.2) is 0 Å². The largest absolute Gasteiger partial charge is 0.0530 e. The lowest BCUT2D eigenvalue weighted by atomic mass is 9.97. The van der Waals surface area contributed by atoms with Gasteiger partial charge in [0.2, 0.25) is 0 Å². The van der Waals surface area contributed by atoms with Gasteiger partial charge >= 0.3 is 0 Å².